The first kappa shape index (κ1) is 15.7. The van der Waals surface area contributed by atoms with Gasteiger partial charge in [0, 0.05) is 18.6 Å². The predicted molar refractivity (Wildman–Crippen MR) is 87.9 cm³/mol. The third-order valence-electron chi connectivity index (χ3n) is 4.36. The van der Waals surface area contributed by atoms with Crippen LogP contribution in [0.25, 0.3) is 0 Å². The van der Waals surface area contributed by atoms with E-state index in [1.165, 1.54) is 0 Å². The maximum atomic E-state index is 12.7. The second-order valence-corrected chi connectivity index (χ2v) is 6.21. The van der Waals surface area contributed by atoms with Gasteiger partial charge in [-0.25, -0.2) is 4.68 Å². The number of carbonyl (C=O) groups is 1. The number of likely N-dealkylation sites (tertiary alicyclic amines) is 1. The molecular formula is C17H23N5O. The van der Waals surface area contributed by atoms with Gasteiger partial charge in [-0.05, 0) is 31.7 Å². The number of piperidine rings is 1. The first-order valence-electron chi connectivity index (χ1n) is 8.16. The fraction of sp³-hybridized carbons (Fsp3) is 0.471. The van der Waals surface area contributed by atoms with Crippen LogP contribution in [0.5, 0.6) is 0 Å². The molecule has 2 aromatic rings. The lowest BCUT2D eigenvalue weighted by atomic mass is 9.96. The molecule has 1 aliphatic rings. The van der Waals surface area contributed by atoms with Gasteiger partial charge in [0.25, 0.3) is 5.91 Å². The lowest BCUT2D eigenvalue weighted by Gasteiger charge is -2.37. The highest BCUT2D eigenvalue weighted by Gasteiger charge is 2.31. The van der Waals surface area contributed by atoms with Crippen LogP contribution in [0.2, 0.25) is 0 Å². The van der Waals surface area contributed by atoms with E-state index >= 15 is 0 Å². The number of carbonyl (C=O) groups excluding carboxylic acids is 1. The van der Waals surface area contributed by atoms with Gasteiger partial charge in [0.05, 0.1) is 12.7 Å². The molecular weight excluding hydrogens is 290 g/mol. The Morgan fingerprint density at radius 3 is 2.87 bits per heavy atom. The fourth-order valence-electron chi connectivity index (χ4n) is 3.15. The summed E-state index contributed by atoms with van der Waals surface area (Å²) < 4.78 is 1.70. The Labute approximate surface area is 136 Å². The van der Waals surface area contributed by atoms with Crippen LogP contribution >= 0.6 is 0 Å². The highest BCUT2D eigenvalue weighted by atomic mass is 16.2. The van der Waals surface area contributed by atoms with Gasteiger partial charge in [-0.15, -0.1) is 5.10 Å². The van der Waals surface area contributed by atoms with Crippen molar-refractivity contribution < 1.29 is 4.79 Å². The molecule has 0 radical (unpaired) electrons. The molecule has 2 heterocycles. The third kappa shape index (κ3) is 3.59. The summed E-state index contributed by atoms with van der Waals surface area (Å²) in [7, 11) is 0. The molecule has 1 aliphatic heterocycles. The van der Waals surface area contributed by atoms with E-state index in [1.807, 2.05) is 42.2 Å². The van der Waals surface area contributed by atoms with E-state index < -0.39 is 0 Å². The van der Waals surface area contributed by atoms with E-state index in [-0.39, 0.29) is 18.0 Å². The summed E-state index contributed by atoms with van der Waals surface area (Å²) in [5, 5.41) is 8.15. The molecule has 1 aromatic heterocycles. The van der Waals surface area contributed by atoms with Gasteiger partial charge in [-0.3, -0.25) is 4.79 Å². The summed E-state index contributed by atoms with van der Waals surface area (Å²) in [4.78, 5) is 14.6. The Morgan fingerprint density at radius 2 is 2.13 bits per heavy atom. The van der Waals surface area contributed by atoms with Gasteiger partial charge in [0.15, 0.2) is 5.69 Å². The molecule has 122 valence electrons. The van der Waals surface area contributed by atoms with Crippen LogP contribution in [0.15, 0.2) is 36.5 Å². The minimum absolute atomic E-state index is 0.0291. The van der Waals surface area contributed by atoms with Crippen molar-refractivity contribution in [3.63, 3.8) is 0 Å². The molecule has 2 N–H and O–H groups in total. The van der Waals surface area contributed by atoms with E-state index in [4.69, 9.17) is 5.73 Å². The number of hydrogen-bond donors (Lipinski definition) is 1. The first-order valence-corrected chi connectivity index (χ1v) is 8.16. The van der Waals surface area contributed by atoms with Crippen LogP contribution in [0.3, 0.4) is 0 Å². The molecule has 0 spiro atoms. The van der Waals surface area contributed by atoms with Crippen molar-refractivity contribution in [1.82, 2.24) is 19.9 Å². The van der Waals surface area contributed by atoms with E-state index in [9.17, 15) is 4.79 Å². The first-order chi connectivity index (χ1) is 11.1. The second-order valence-electron chi connectivity index (χ2n) is 6.21. The van der Waals surface area contributed by atoms with Crippen molar-refractivity contribution in [2.24, 2.45) is 5.73 Å². The van der Waals surface area contributed by atoms with E-state index in [0.717, 1.165) is 31.4 Å². The number of rotatable bonds is 4. The van der Waals surface area contributed by atoms with Crippen molar-refractivity contribution in [2.75, 3.05) is 6.54 Å². The molecule has 6 heteroatoms. The SMILES string of the molecule is CC(N)C1CCCCN1C(=O)c1cn(Cc2ccccc2)nn1. The van der Waals surface area contributed by atoms with Gasteiger partial charge >= 0.3 is 0 Å². The number of amides is 1. The molecule has 3 rings (SSSR count). The van der Waals surface area contributed by atoms with Crippen LogP contribution in [0.4, 0.5) is 0 Å². The minimum Gasteiger partial charge on any atom is -0.333 e. The number of aromatic nitrogens is 3. The van der Waals surface area contributed by atoms with Crippen molar-refractivity contribution >= 4 is 5.91 Å². The summed E-state index contributed by atoms with van der Waals surface area (Å²) in [6.07, 6.45) is 4.83. The Morgan fingerprint density at radius 1 is 1.35 bits per heavy atom. The number of nitrogens with zero attached hydrogens (tertiary/aromatic N) is 4. The summed E-state index contributed by atoms with van der Waals surface area (Å²) in [6, 6.07) is 10.1. The van der Waals surface area contributed by atoms with Crippen LogP contribution < -0.4 is 5.73 Å². The van der Waals surface area contributed by atoms with Gasteiger partial charge in [-0.1, -0.05) is 35.5 Å². The molecule has 1 saturated heterocycles. The van der Waals surface area contributed by atoms with Crippen molar-refractivity contribution in [3.8, 4) is 0 Å². The normalized spacial score (nSPS) is 19.6. The van der Waals surface area contributed by atoms with Crippen LogP contribution in [0.1, 0.15) is 42.2 Å². The van der Waals surface area contributed by atoms with E-state index in [2.05, 4.69) is 10.3 Å². The topological polar surface area (TPSA) is 77.0 Å². The fourth-order valence-corrected chi connectivity index (χ4v) is 3.15. The zero-order valence-electron chi connectivity index (χ0n) is 13.4. The zero-order chi connectivity index (χ0) is 16.2. The molecule has 2 unspecified atom stereocenters. The van der Waals surface area contributed by atoms with Crippen molar-refractivity contribution in [3.05, 3.63) is 47.8 Å². The molecule has 2 atom stereocenters. The van der Waals surface area contributed by atoms with Gasteiger partial charge < -0.3 is 10.6 Å². The van der Waals surface area contributed by atoms with Crippen molar-refractivity contribution in [2.45, 2.75) is 44.8 Å². The monoisotopic (exact) mass is 313 g/mol. The third-order valence-corrected chi connectivity index (χ3v) is 4.36. The molecule has 1 aromatic carbocycles. The second kappa shape index (κ2) is 6.91. The molecule has 1 fully saturated rings. The Kier molecular flexibility index (Phi) is 4.71. The maximum Gasteiger partial charge on any atom is 0.276 e. The molecule has 0 saturated carbocycles. The smallest absolute Gasteiger partial charge is 0.276 e. The average Bonchev–Trinajstić information content (AvgIpc) is 3.03. The van der Waals surface area contributed by atoms with Crippen LogP contribution in [0, 0.1) is 0 Å². The number of hydrogen-bond acceptors (Lipinski definition) is 4. The van der Waals surface area contributed by atoms with E-state index in [1.54, 1.807) is 10.9 Å². The highest BCUT2D eigenvalue weighted by molar-refractivity contribution is 5.92. The molecule has 6 nitrogen and oxygen atoms in total. The van der Waals surface area contributed by atoms with Gasteiger partial charge in [0.1, 0.15) is 0 Å². The van der Waals surface area contributed by atoms with Gasteiger partial charge in [-0.2, -0.15) is 0 Å². The number of nitrogens with two attached hydrogens (primary N) is 1. The summed E-state index contributed by atoms with van der Waals surface area (Å²) >= 11 is 0. The molecule has 1 amide bonds. The maximum absolute atomic E-state index is 12.7. The highest BCUT2D eigenvalue weighted by Crippen LogP contribution is 2.21. The summed E-state index contributed by atoms with van der Waals surface area (Å²) in [6.45, 7) is 3.32. The Hall–Kier alpha value is -2.21. The van der Waals surface area contributed by atoms with Crippen molar-refractivity contribution in [1.29, 1.82) is 0 Å². The van der Waals surface area contributed by atoms with E-state index in [0.29, 0.717) is 12.2 Å². The summed E-state index contributed by atoms with van der Waals surface area (Å²) in [5.74, 6) is -0.0636. The van der Waals surface area contributed by atoms with Crippen LogP contribution in [-0.4, -0.2) is 44.4 Å². The van der Waals surface area contributed by atoms with Gasteiger partial charge in [0.2, 0.25) is 0 Å². The Bertz CT molecular complexity index is 652. The molecule has 0 bridgehead atoms. The summed E-state index contributed by atoms with van der Waals surface area (Å²) in [5.41, 5.74) is 7.57. The lowest BCUT2D eigenvalue weighted by molar-refractivity contribution is 0.0577. The number of benzene rings is 1. The molecule has 23 heavy (non-hydrogen) atoms. The predicted octanol–water partition coefficient (Wildman–Crippen LogP) is 1.67. The quantitative estimate of drug-likeness (QED) is 0.931. The Balaban J connectivity index is 1.72. The molecule has 0 aliphatic carbocycles. The largest absolute Gasteiger partial charge is 0.333 e. The lowest BCUT2D eigenvalue weighted by Crippen LogP contribution is -2.51. The van der Waals surface area contributed by atoms with Crippen LogP contribution in [-0.2, 0) is 6.54 Å². The minimum atomic E-state index is -0.0636. The standard InChI is InChI=1S/C17H23N5O/c1-13(18)16-9-5-6-10-22(16)17(23)15-12-21(20-19-15)11-14-7-3-2-4-8-14/h2-4,7-8,12-13,16H,5-6,9-11,18H2,1H3. The zero-order valence-corrected chi connectivity index (χ0v) is 13.4. The average molecular weight is 313 g/mol.